The fraction of sp³-hybridized carbons (Fsp3) is 0.107. The Hall–Kier alpha value is -5.03. The predicted octanol–water partition coefficient (Wildman–Crippen LogP) is 5.10. The smallest absolute Gasteiger partial charge is 0.294 e. The van der Waals surface area contributed by atoms with Gasteiger partial charge in [0, 0.05) is 16.6 Å². The van der Waals surface area contributed by atoms with Crippen LogP contribution in [0.2, 0.25) is 0 Å². The number of aliphatic hydroxyl groups is 1. The molecule has 0 bridgehead atoms. The van der Waals surface area contributed by atoms with E-state index in [9.17, 15) is 14.7 Å². The summed E-state index contributed by atoms with van der Waals surface area (Å²) in [5.41, 5.74) is 1.54. The molecule has 4 aromatic rings. The lowest BCUT2D eigenvalue weighted by molar-refractivity contribution is -0.117. The number of benzene rings is 3. The summed E-state index contributed by atoms with van der Waals surface area (Å²) in [6.07, 6.45) is 0. The van der Waals surface area contributed by atoms with Crippen molar-refractivity contribution in [3.05, 3.63) is 101 Å². The standard InChI is InChI=1S/C28H20N2O6/c1-34-20-8-4-3-7-19(20)24-23(25(31)22-14-17-6-5-9-21(35-2)27(17)36-22)26(32)28(33)30(24)18-12-10-16(15-29)11-13-18/h3-14,24,32H,1-2H3. The number of ketones is 1. The van der Waals surface area contributed by atoms with E-state index in [-0.39, 0.29) is 11.3 Å². The second-order valence-corrected chi connectivity index (χ2v) is 8.06. The van der Waals surface area contributed by atoms with Gasteiger partial charge in [0.25, 0.3) is 5.91 Å². The number of rotatable bonds is 6. The molecular formula is C28H20N2O6. The Bertz CT molecular complexity index is 1580. The molecule has 36 heavy (non-hydrogen) atoms. The van der Waals surface area contributed by atoms with E-state index in [1.807, 2.05) is 6.07 Å². The summed E-state index contributed by atoms with van der Waals surface area (Å²) < 4.78 is 16.7. The van der Waals surface area contributed by atoms with Gasteiger partial charge in [-0.3, -0.25) is 14.5 Å². The molecule has 0 radical (unpaired) electrons. The molecule has 0 aliphatic carbocycles. The summed E-state index contributed by atoms with van der Waals surface area (Å²) in [4.78, 5) is 28.5. The van der Waals surface area contributed by atoms with Gasteiger partial charge in [-0.2, -0.15) is 5.26 Å². The molecule has 1 unspecified atom stereocenters. The Labute approximate surface area is 206 Å². The molecular weight excluding hydrogens is 460 g/mol. The highest BCUT2D eigenvalue weighted by Gasteiger charge is 2.46. The number of carbonyl (C=O) groups is 2. The number of Topliss-reactive ketones (excluding diaryl/α,β-unsaturated/α-hetero) is 1. The van der Waals surface area contributed by atoms with E-state index < -0.39 is 23.5 Å². The average Bonchev–Trinajstić information content (AvgIpc) is 3.47. The van der Waals surface area contributed by atoms with Crippen LogP contribution in [0.1, 0.15) is 27.7 Å². The predicted molar refractivity (Wildman–Crippen MR) is 131 cm³/mol. The summed E-state index contributed by atoms with van der Waals surface area (Å²) in [5.74, 6) is -1.26. The first kappa shape index (κ1) is 22.7. The molecule has 3 aromatic carbocycles. The van der Waals surface area contributed by atoms with Gasteiger partial charge in [-0.1, -0.05) is 30.3 Å². The number of hydrogen-bond acceptors (Lipinski definition) is 7. The first-order valence-corrected chi connectivity index (χ1v) is 11.0. The van der Waals surface area contributed by atoms with Crippen molar-refractivity contribution in [1.29, 1.82) is 5.26 Å². The molecule has 8 nitrogen and oxygen atoms in total. The molecule has 1 aliphatic rings. The summed E-state index contributed by atoms with van der Waals surface area (Å²) in [6.45, 7) is 0. The fourth-order valence-electron chi connectivity index (χ4n) is 4.43. The second kappa shape index (κ2) is 8.96. The third-order valence-corrected chi connectivity index (χ3v) is 6.11. The molecule has 1 atom stereocenters. The van der Waals surface area contributed by atoms with Crippen molar-refractivity contribution in [3.8, 4) is 17.6 Å². The normalized spacial score (nSPS) is 15.3. The molecule has 0 fully saturated rings. The maximum absolute atomic E-state index is 13.8. The van der Waals surface area contributed by atoms with Crippen LogP contribution in [0, 0.1) is 11.3 Å². The Morgan fingerprint density at radius 3 is 2.39 bits per heavy atom. The molecule has 178 valence electrons. The molecule has 1 aliphatic heterocycles. The van der Waals surface area contributed by atoms with Gasteiger partial charge in [-0.25, -0.2) is 0 Å². The molecule has 0 saturated heterocycles. The van der Waals surface area contributed by atoms with E-state index in [2.05, 4.69) is 0 Å². The number of fused-ring (bicyclic) bond motifs is 1. The molecule has 2 heterocycles. The highest BCUT2D eigenvalue weighted by atomic mass is 16.5. The molecule has 0 spiro atoms. The number of carbonyl (C=O) groups excluding carboxylic acids is 2. The number of anilines is 1. The number of ether oxygens (including phenoxy) is 2. The number of methoxy groups -OCH3 is 2. The number of para-hydroxylation sites is 2. The van der Waals surface area contributed by atoms with Crippen LogP contribution >= 0.6 is 0 Å². The van der Waals surface area contributed by atoms with E-state index in [1.54, 1.807) is 72.8 Å². The van der Waals surface area contributed by atoms with Crippen LogP contribution in [0.15, 0.2) is 88.5 Å². The number of nitrogens with zero attached hydrogens (tertiary/aromatic N) is 2. The van der Waals surface area contributed by atoms with Crippen molar-refractivity contribution in [2.75, 3.05) is 19.1 Å². The van der Waals surface area contributed by atoms with Crippen molar-refractivity contribution in [2.45, 2.75) is 6.04 Å². The second-order valence-electron chi connectivity index (χ2n) is 8.06. The Morgan fingerprint density at radius 1 is 1.00 bits per heavy atom. The summed E-state index contributed by atoms with van der Waals surface area (Å²) >= 11 is 0. The zero-order valence-electron chi connectivity index (χ0n) is 19.4. The highest BCUT2D eigenvalue weighted by Crippen LogP contribution is 2.45. The van der Waals surface area contributed by atoms with Crippen molar-refractivity contribution >= 4 is 28.3 Å². The van der Waals surface area contributed by atoms with Crippen LogP contribution in [-0.4, -0.2) is 31.0 Å². The number of amides is 1. The topological polar surface area (TPSA) is 113 Å². The monoisotopic (exact) mass is 480 g/mol. The maximum Gasteiger partial charge on any atom is 0.294 e. The highest BCUT2D eigenvalue weighted by molar-refractivity contribution is 6.20. The van der Waals surface area contributed by atoms with Gasteiger partial charge in [-0.15, -0.1) is 0 Å². The minimum absolute atomic E-state index is 0.0505. The van der Waals surface area contributed by atoms with Crippen molar-refractivity contribution in [3.63, 3.8) is 0 Å². The maximum atomic E-state index is 13.8. The van der Waals surface area contributed by atoms with Gasteiger partial charge in [0.15, 0.2) is 22.9 Å². The van der Waals surface area contributed by atoms with Crippen LogP contribution < -0.4 is 14.4 Å². The minimum Gasteiger partial charge on any atom is -0.503 e. The minimum atomic E-state index is -1.01. The third-order valence-electron chi connectivity index (χ3n) is 6.11. The van der Waals surface area contributed by atoms with E-state index >= 15 is 0 Å². The van der Waals surface area contributed by atoms with Crippen LogP contribution in [0.4, 0.5) is 5.69 Å². The van der Waals surface area contributed by atoms with Gasteiger partial charge < -0.3 is 19.0 Å². The first-order valence-electron chi connectivity index (χ1n) is 11.0. The first-order chi connectivity index (χ1) is 17.5. The van der Waals surface area contributed by atoms with Crippen LogP contribution in [0.5, 0.6) is 11.5 Å². The van der Waals surface area contributed by atoms with E-state index in [0.717, 1.165) is 0 Å². The fourth-order valence-corrected chi connectivity index (χ4v) is 4.43. The van der Waals surface area contributed by atoms with Gasteiger partial charge in [0.05, 0.1) is 37.5 Å². The SMILES string of the molecule is COc1ccccc1C1C(C(=O)c2cc3cccc(OC)c3o2)=C(O)C(=O)N1c1ccc(C#N)cc1. The number of nitriles is 1. The third kappa shape index (κ3) is 3.54. The zero-order valence-corrected chi connectivity index (χ0v) is 19.4. The Kier molecular flexibility index (Phi) is 5.66. The zero-order chi connectivity index (χ0) is 25.4. The van der Waals surface area contributed by atoms with Crippen LogP contribution in [0.3, 0.4) is 0 Å². The molecule has 8 heteroatoms. The molecule has 5 rings (SSSR count). The Morgan fingerprint density at radius 2 is 1.69 bits per heavy atom. The quantitative estimate of drug-likeness (QED) is 0.382. The van der Waals surface area contributed by atoms with Gasteiger partial charge >= 0.3 is 0 Å². The lowest BCUT2D eigenvalue weighted by atomic mass is 9.94. The summed E-state index contributed by atoms with van der Waals surface area (Å²) in [6, 6.07) is 21.1. The van der Waals surface area contributed by atoms with Gasteiger partial charge in [0.2, 0.25) is 5.78 Å². The molecule has 1 aromatic heterocycles. The largest absolute Gasteiger partial charge is 0.503 e. The summed E-state index contributed by atoms with van der Waals surface area (Å²) in [5, 5.41) is 20.8. The van der Waals surface area contributed by atoms with Crippen LogP contribution in [-0.2, 0) is 4.79 Å². The number of furan rings is 1. The van der Waals surface area contributed by atoms with Crippen molar-refractivity contribution in [1.82, 2.24) is 0 Å². The molecule has 0 saturated carbocycles. The van der Waals surface area contributed by atoms with Crippen molar-refractivity contribution < 1.29 is 28.6 Å². The molecule has 1 N–H and O–H groups in total. The summed E-state index contributed by atoms with van der Waals surface area (Å²) in [7, 11) is 2.98. The van der Waals surface area contributed by atoms with Gasteiger partial charge in [-0.05, 0) is 42.5 Å². The Balaban J connectivity index is 1.68. The van der Waals surface area contributed by atoms with Crippen LogP contribution in [0.25, 0.3) is 11.0 Å². The van der Waals surface area contributed by atoms with E-state index in [0.29, 0.717) is 39.3 Å². The lowest BCUT2D eigenvalue weighted by Crippen LogP contribution is -2.31. The van der Waals surface area contributed by atoms with Crippen molar-refractivity contribution in [2.24, 2.45) is 0 Å². The number of hydrogen-bond donors (Lipinski definition) is 1. The number of aliphatic hydroxyl groups excluding tert-OH is 1. The molecule has 1 amide bonds. The average molecular weight is 480 g/mol. The van der Waals surface area contributed by atoms with Gasteiger partial charge in [0.1, 0.15) is 5.75 Å². The van der Waals surface area contributed by atoms with E-state index in [4.69, 9.17) is 19.2 Å². The van der Waals surface area contributed by atoms with E-state index in [1.165, 1.54) is 19.1 Å². The lowest BCUT2D eigenvalue weighted by Gasteiger charge is -2.27.